The fourth-order valence-electron chi connectivity index (χ4n) is 2.11. The van der Waals surface area contributed by atoms with Crippen LogP contribution >= 0.6 is 12.4 Å². The molecule has 2 nitrogen and oxygen atoms in total. The molecule has 2 aliphatic rings. The van der Waals surface area contributed by atoms with E-state index in [1.54, 1.807) is 0 Å². The molecule has 1 aliphatic carbocycles. The molecule has 0 aromatic heterocycles. The first kappa shape index (κ1) is 11.3. The molecule has 1 saturated carbocycles. The van der Waals surface area contributed by atoms with E-state index >= 15 is 0 Å². The summed E-state index contributed by atoms with van der Waals surface area (Å²) in [4.78, 5) is 2.64. The van der Waals surface area contributed by atoms with Crippen LogP contribution in [0.1, 0.15) is 20.3 Å². The Hall–Kier alpha value is 0.210. The smallest absolute Gasteiger partial charge is 0.0193 e. The molecule has 2 fully saturated rings. The first-order valence-corrected chi connectivity index (χ1v) is 5.22. The second-order valence-corrected chi connectivity index (χ2v) is 4.52. The highest BCUT2D eigenvalue weighted by molar-refractivity contribution is 5.85. The standard InChI is InChI=1S/C10H20N2.ClH/c1-8-5-10(8)7-12-4-3-11-6-9(12)2;/h8-11H,3-7H2,1-2H3;1H/t8?,9-,10?;/m1./s1. The number of nitrogens with one attached hydrogen (secondary N) is 1. The molecular weight excluding hydrogens is 184 g/mol. The zero-order valence-corrected chi connectivity index (χ0v) is 9.44. The van der Waals surface area contributed by atoms with Crippen LogP contribution in [0.4, 0.5) is 0 Å². The highest BCUT2D eigenvalue weighted by Crippen LogP contribution is 2.38. The van der Waals surface area contributed by atoms with Crippen molar-refractivity contribution in [2.75, 3.05) is 26.2 Å². The maximum Gasteiger partial charge on any atom is 0.0193 e. The average Bonchev–Trinajstić information content (AvgIpc) is 2.72. The fourth-order valence-corrected chi connectivity index (χ4v) is 2.11. The van der Waals surface area contributed by atoms with E-state index in [-0.39, 0.29) is 12.4 Å². The van der Waals surface area contributed by atoms with Crippen LogP contribution in [-0.2, 0) is 0 Å². The van der Waals surface area contributed by atoms with Gasteiger partial charge in [0, 0.05) is 32.2 Å². The highest BCUT2D eigenvalue weighted by Gasteiger charge is 2.35. The summed E-state index contributed by atoms with van der Waals surface area (Å²) in [5, 5.41) is 3.43. The van der Waals surface area contributed by atoms with E-state index in [9.17, 15) is 0 Å². The van der Waals surface area contributed by atoms with Crippen LogP contribution in [0.15, 0.2) is 0 Å². The molecule has 0 radical (unpaired) electrons. The molecule has 0 bridgehead atoms. The number of halogens is 1. The van der Waals surface area contributed by atoms with Crippen molar-refractivity contribution in [3.05, 3.63) is 0 Å². The van der Waals surface area contributed by atoms with Crippen LogP contribution in [0.2, 0.25) is 0 Å². The molecule has 0 spiro atoms. The number of rotatable bonds is 2. The monoisotopic (exact) mass is 204 g/mol. The third kappa shape index (κ3) is 2.83. The second-order valence-electron chi connectivity index (χ2n) is 4.52. The molecule has 0 amide bonds. The summed E-state index contributed by atoms with van der Waals surface area (Å²) >= 11 is 0. The lowest BCUT2D eigenvalue weighted by Gasteiger charge is -2.34. The molecule has 13 heavy (non-hydrogen) atoms. The van der Waals surface area contributed by atoms with E-state index in [2.05, 4.69) is 24.1 Å². The van der Waals surface area contributed by atoms with Gasteiger partial charge in [0.2, 0.25) is 0 Å². The number of nitrogens with zero attached hydrogens (tertiary/aromatic N) is 1. The van der Waals surface area contributed by atoms with Gasteiger partial charge in [0.15, 0.2) is 0 Å². The van der Waals surface area contributed by atoms with Crippen molar-refractivity contribution < 1.29 is 0 Å². The van der Waals surface area contributed by atoms with Gasteiger partial charge in [0.25, 0.3) is 0 Å². The zero-order chi connectivity index (χ0) is 8.55. The summed E-state index contributed by atoms with van der Waals surface area (Å²) in [5.41, 5.74) is 0. The van der Waals surface area contributed by atoms with Gasteiger partial charge >= 0.3 is 0 Å². The molecule has 1 heterocycles. The lowest BCUT2D eigenvalue weighted by molar-refractivity contribution is 0.164. The minimum atomic E-state index is 0. The molecule has 3 atom stereocenters. The first-order chi connectivity index (χ1) is 5.77. The summed E-state index contributed by atoms with van der Waals surface area (Å²) in [5.74, 6) is 2.03. The number of piperazine rings is 1. The minimum Gasteiger partial charge on any atom is -0.314 e. The van der Waals surface area contributed by atoms with E-state index in [0.29, 0.717) is 0 Å². The van der Waals surface area contributed by atoms with Gasteiger partial charge in [-0.05, 0) is 25.2 Å². The topological polar surface area (TPSA) is 15.3 Å². The van der Waals surface area contributed by atoms with Crippen LogP contribution in [0.3, 0.4) is 0 Å². The van der Waals surface area contributed by atoms with Crippen molar-refractivity contribution in [2.24, 2.45) is 11.8 Å². The molecule has 1 N–H and O–H groups in total. The van der Waals surface area contributed by atoms with Crippen molar-refractivity contribution in [3.63, 3.8) is 0 Å². The molecule has 1 aliphatic heterocycles. The summed E-state index contributed by atoms with van der Waals surface area (Å²) < 4.78 is 0. The molecular formula is C10H21ClN2. The molecule has 0 aromatic rings. The van der Waals surface area contributed by atoms with Crippen LogP contribution in [0.25, 0.3) is 0 Å². The predicted molar refractivity (Wildman–Crippen MR) is 58.4 cm³/mol. The van der Waals surface area contributed by atoms with E-state index in [1.165, 1.54) is 32.6 Å². The van der Waals surface area contributed by atoms with E-state index < -0.39 is 0 Å². The van der Waals surface area contributed by atoms with Gasteiger partial charge < -0.3 is 5.32 Å². The SMILES string of the molecule is CC1CC1CN1CCNC[C@H]1C.Cl. The Bertz CT molecular complexity index is 163. The second kappa shape index (κ2) is 4.63. The maximum atomic E-state index is 3.43. The Morgan fingerprint density at radius 2 is 2.08 bits per heavy atom. The van der Waals surface area contributed by atoms with Crippen LogP contribution < -0.4 is 5.32 Å². The molecule has 0 aromatic carbocycles. The van der Waals surface area contributed by atoms with Crippen molar-refractivity contribution in [2.45, 2.75) is 26.3 Å². The average molecular weight is 205 g/mol. The van der Waals surface area contributed by atoms with Gasteiger partial charge in [-0.25, -0.2) is 0 Å². The summed E-state index contributed by atoms with van der Waals surface area (Å²) in [6.45, 7) is 9.68. The van der Waals surface area contributed by atoms with Crippen molar-refractivity contribution >= 4 is 12.4 Å². The van der Waals surface area contributed by atoms with E-state index in [4.69, 9.17) is 0 Å². The minimum absolute atomic E-state index is 0. The molecule has 2 rings (SSSR count). The molecule has 1 saturated heterocycles. The fraction of sp³-hybridized carbons (Fsp3) is 1.00. The summed E-state index contributed by atoms with van der Waals surface area (Å²) in [6.07, 6.45) is 1.47. The zero-order valence-electron chi connectivity index (χ0n) is 8.62. The Kier molecular flexibility index (Phi) is 4.02. The van der Waals surface area contributed by atoms with Gasteiger partial charge in [-0.2, -0.15) is 0 Å². The third-order valence-electron chi connectivity index (χ3n) is 3.38. The quantitative estimate of drug-likeness (QED) is 0.731. The predicted octanol–water partition coefficient (Wildman–Crippen LogP) is 1.36. The Morgan fingerprint density at radius 1 is 1.38 bits per heavy atom. The lowest BCUT2D eigenvalue weighted by Crippen LogP contribution is -2.50. The van der Waals surface area contributed by atoms with Crippen LogP contribution in [0.5, 0.6) is 0 Å². The Balaban J connectivity index is 0.000000845. The lowest BCUT2D eigenvalue weighted by atomic mass is 10.2. The molecule has 78 valence electrons. The van der Waals surface area contributed by atoms with Gasteiger partial charge in [-0.1, -0.05) is 6.92 Å². The maximum absolute atomic E-state index is 3.43. The normalized spacial score (nSPS) is 39.7. The Morgan fingerprint density at radius 3 is 2.62 bits per heavy atom. The van der Waals surface area contributed by atoms with Crippen molar-refractivity contribution in [1.82, 2.24) is 10.2 Å². The molecule has 3 heteroatoms. The van der Waals surface area contributed by atoms with E-state index in [1.807, 2.05) is 0 Å². The largest absolute Gasteiger partial charge is 0.314 e. The van der Waals surface area contributed by atoms with Crippen molar-refractivity contribution in [1.29, 1.82) is 0 Å². The first-order valence-electron chi connectivity index (χ1n) is 5.22. The van der Waals surface area contributed by atoms with Gasteiger partial charge in [0.1, 0.15) is 0 Å². The van der Waals surface area contributed by atoms with Gasteiger partial charge in [0.05, 0.1) is 0 Å². The van der Waals surface area contributed by atoms with Gasteiger partial charge in [-0.3, -0.25) is 4.90 Å². The molecule has 2 unspecified atom stereocenters. The van der Waals surface area contributed by atoms with E-state index in [0.717, 1.165) is 17.9 Å². The summed E-state index contributed by atoms with van der Waals surface area (Å²) in [7, 11) is 0. The number of hydrogen-bond donors (Lipinski definition) is 1. The van der Waals surface area contributed by atoms with Crippen molar-refractivity contribution in [3.8, 4) is 0 Å². The van der Waals surface area contributed by atoms with Gasteiger partial charge in [-0.15, -0.1) is 12.4 Å². The third-order valence-corrected chi connectivity index (χ3v) is 3.38. The number of hydrogen-bond acceptors (Lipinski definition) is 2. The van der Waals surface area contributed by atoms with Crippen LogP contribution in [-0.4, -0.2) is 37.1 Å². The Labute approximate surface area is 87.5 Å². The van der Waals surface area contributed by atoms with Crippen LogP contribution in [0, 0.1) is 11.8 Å². The highest BCUT2D eigenvalue weighted by atomic mass is 35.5. The summed E-state index contributed by atoms with van der Waals surface area (Å²) in [6, 6.07) is 0.756.